The quantitative estimate of drug-likeness (QED) is 0.820. The molecule has 1 aromatic carbocycles. The Labute approximate surface area is 109 Å². The van der Waals surface area contributed by atoms with E-state index in [9.17, 15) is 4.79 Å². The van der Waals surface area contributed by atoms with Crippen LogP contribution in [0.5, 0.6) is 0 Å². The molecule has 18 heavy (non-hydrogen) atoms. The van der Waals surface area contributed by atoms with Gasteiger partial charge in [0.05, 0.1) is 0 Å². The van der Waals surface area contributed by atoms with Crippen molar-refractivity contribution < 1.29 is 9.53 Å². The molecule has 1 heterocycles. The first-order valence-corrected chi connectivity index (χ1v) is 6.47. The Morgan fingerprint density at radius 2 is 1.94 bits per heavy atom. The number of hydrogen-bond donors (Lipinski definition) is 0. The van der Waals surface area contributed by atoms with Gasteiger partial charge in [0, 0.05) is 18.5 Å². The van der Waals surface area contributed by atoms with Crippen LogP contribution in [0, 0.1) is 11.3 Å². The predicted molar refractivity (Wildman–Crippen MR) is 71.1 cm³/mol. The lowest BCUT2D eigenvalue weighted by Gasteiger charge is -2.49. The van der Waals surface area contributed by atoms with Crippen molar-refractivity contribution in [3.63, 3.8) is 0 Å². The Hall–Kier alpha value is -1.51. The molecule has 0 spiro atoms. The molecular weight excluding hydrogens is 226 g/mol. The monoisotopic (exact) mass is 247 g/mol. The molecule has 0 atom stereocenters. The van der Waals surface area contributed by atoms with Gasteiger partial charge in [-0.25, -0.2) is 4.79 Å². The van der Waals surface area contributed by atoms with Crippen molar-refractivity contribution in [2.45, 2.75) is 27.4 Å². The second kappa shape index (κ2) is 5.01. The summed E-state index contributed by atoms with van der Waals surface area (Å²) in [5.74, 6) is 0.593. The molecule has 0 aliphatic carbocycles. The van der Waals surface area contributed by atoms with Gasteiger partial charge in [-0.05, 0) is 11.5 Å². The van der Waals surface area contributed by atoms with E-state index in [0.29, 0.717) is 12.5 Å². The number of amides is 1. The van der Waals surface area contributed by atoms with E-state index in [2.05, 4.69) is 20.8 Å². The van der Waals surface area contributed by atoms with Gasteiger partial charge in [0.2, 0.25) is 0 Å². The van der Waals surface area contributed by atoms with E-state index in [1.54, 1.807) is 4.90 Å². The third-order valence-corrected chi connectivity index (χ3v) is 3.96. The Morgan fingerprint density at radius 3 is 2.50 bits per heavy atom. The number of rotatable bonds is 3. The molecule has 1 saturated heterocycles. The van der Waals surface area contributed by atoms with Crippen LogP contribution in [0.3, 0.4) is 0 Å². The van der Waals surface area contributed by atoms with Gasteiger partial charge in [-0.15, -0.1) is 0 Å². The molecule has 0 aromatic heterocycles. The van der Waals surface area contributed by atoms with E-state index in [4.69, 9.17) is 4.74 Å². The van der Waals surface area contributed by atoms with E-state index in [1.807, 2.05) is 30.3 Å². The molecule has 2 rings (SSSR count). The molecule has 0 radical (unpaired) electrons. The van der Waals surface area contributed by atoms with E-state index >= 15 is 0 Å². The number of benzene rings is 1. The SMILES string of the molecule is CC(C)C1(C)CN(C(=O)OCc2ccccc2)C1. The fourth-order valence-corrected chi connectivity index (χ4v) is 2.13. The lowest BCUT2D eigenvalue weighted by molar-refractivity contribution is -0.0216. The average Bonchev–Trinajstić information content (AvgIpc) is 2.33. The minimum absolute atomic E-state index is 0.197. The average molecular weight is 247 g/mol. The van der Waals surface area contributed by atoms with Crippen LogP contribution < -0.4 is 0 Å². The van der Waals surface area contributed by atoms with Crippen LogP contribution in [-0.2, 0) is 11.3 Å². The van der Waals surface area contributed by atoms with Gasteiger partial charge in [-0.2, -0.15) is 0 Å². The maximum Gasteiger partial charge on any atom is 0.410 e. The van der Waals surface area contributed by atoms with Gasteiger partial charge in [0.25, 0.3) is 0 Å². The maximum absolute atomic E-state index is 11.8. The van der Waals surface area contributed by atoms with Crippen LogP contribution in [0.2, 0.25) is 0 Å². The Kier molecular flexibility index (Phi) is 3.60. The van der Waals surface area contributed by atoms with Crippen LogP contribution in [0.4, 0.5) is 4.79 Å². The molecule has 1 amide bonds. The highest BCUT2D eigenvalue weighted by molar-refractivity contribution is 5.69. The first-order chi connectivity index (χ1) is 8.51. The standard InChI is InChI=1S/C15H21NO2/c1-12(2)15(3)10-16(11-15)14(17)18-9-13-7-5-4-6-8-13/h4-8,12H,9-11H2,1-3H3. The predicted octanol–water partition coefficient (Wildman–Crippen LogP) is 3.30. The number of carbonyl (C=O) groups excluding carboxylic acids is 1. The zero-order valence-electron chi connectivity index (χ0n) is 11.3. The van der Waals surface area contributed by atoms with Crippen molar-refractivity contribution in [3.8, 4) is 0 Å². The van der Waals surface area contributed by atoms with E-state index in [0.717, 1.165) is 18.7 Å². The fraction of sp³-hybridized carbons (Fsp3) is 0.533. The second-order valence-corrected chi connectivity index (χ2v) is 5.70. The molecule has 0 saturated carbocycles. The number of hydrogen-bond acceptors (Lipinski definition) is 2. The van der Waals surface area contributed by atoms with Gasteiger partial charge in [0.15, 0.2) is 0 Å². The van der Waals surface area contributed by atoms with Crippen molar-refractivity contribution in [3.05, 3.63) is 35.9 Å². The van der Waals surface area contributed by atoms with Crippen LogP contribution >= 0.6 is 0 Å². The normalized spacial score (nSPS) is 17.4. The highest BCUT2D eigenvalue weighted by Gasteiger charge is 2.44. The lowest BCUT2D eigenvalue weighted by Crippen LogP contribution is -2.59. The second-order valence-electron chi connectivity index (χ2n) is 5.70. The molecule has 1 fully saturated rings. The number of nitrogens with zero attached hydrogens (tertiary/aromatic N) is 1. The maximum atomic E-state index is 11.8. The molecule has 3 nitrogen and oxygen atoms in total. The van der Waals surface area contributed by atoms with Crippen LogP contribution in [0.15, 0.2) is 30.3 Å². The summed E-state index contributed by atoms with van der Waals surface area (Å²) >= 11 is 0. The van der Waals surface area contributed by atoms with Crippen LogP contribution in [-0.4, -0.2) is 24.1 Å². The van der Waals surface area contributed by atoms with Gasteiger partial charge < -0.3 is 9.64 Å². The van der Waals surface area contributed by atoms with E-state index in [1.165, 1.54) is 0 Å². The zero-order chi connectivity index (χ0) is 13.2. The van der Waals surface area contributed by atoms with Gasteiger partial charge >= 0.3 is 6.09 Å². The van der Waals surface area contributed by atoms with E-state index in [-0.39, 0.29) is 11.5 Å². The Morgan fingerprint density at radius 1 is 1.33 bits per heavy atom. The summed E-state index contributed by atoms with van der Waals surface area (Å²) in [6.07, 6.45) is -0.197. The molecule has 0 unspecified atom stereocenters. The van der Waals surface area contributed by atoms with Crippen LogP contribution in [0.25, 0.3) is 0 Å². The minimum Gasteiger partial charge on any atom is -0.445 e. The first-order valence-electron chi connectivity index (χ1n) is 6.47. The third kappa shape index (κ3) is 2.66. The number of ether oxygens (including phenoxy) is 1. The summed E-state index contributed by atoms with van der Waals surface area (Å²) < 4.78 is 5.29. The highest BCUT2D eigenvalue weighted by Crippen LogP contribution is 2.37. The molecule has 3 heteroatoms. The Balaban J connectivity index is 1.78. The number of carbonyl (C=O) groups is 1. The summed E-state index contributed by atoms with van der Waals surface area (Å²) in [4.78, 5) is 13.6. The summed E-state index contributed by atoms with van der Waals surface area (Å²) in [6, 6.07) is 9.77. The Bertz CT molecular complexity index is 408. The molecule has 1 aromatic rings. The lowest BCUT2D eigenvalue weighted by atomic mass is 9.73. The molecule has 98 valence electrons. The fourth-order valence-electron chi connectivity index (χ4n) is 2.13. The smallest absolute Gasteiger partial charge is 0.410 e. The molecule has 1 aliphatic heterocycles. The summed E-state index contributed by atoms with van der Waals surface area (Å²) in [6.45, 7) is 8.59. The number of likely N-dealkylation sites (tertiary alicyclic amines) is 1. The third-order valence-electron chi connectivity index (χ3n) is 3.96. The van der Waals surface area contributed by atoms with Gasteiger partial charge in [-0.1, -0.05) is 51.1 Å². The summed E-state index contributed by atoms with van der Waals surface area (Å²) in [5.41, 5.74) is 1.28. The zero-order valence-corrected chi connectivity index (χ0v) is 11.3. The van der Waals surface area contributed by atoms with Crippen LogP contribution in [0.1, 0.15) is 26.3 Å². The van der Waals surface area contributed by atoms with Crippen molar-refractivity contribution >= 4 is 6.09 Å². The minimum atomic E-state index is -0.197. The molecular formula is C15H21NO2. The molecule has 0 N–H and O–H groups in total. The molecule has 0 bridgehead atoms. The highest BCUT2D eigenvalue weighted by atomic mass is 16.6. The summed E-state index contributed by atoms with van der Waals surface area (Å²) in [5, 5.41) is 0. The van der Waals surface area contributed by atoms with Crippen molar-refractivity contribution in [2.24, 2.45) is 11.3 Å². The largest absolute Gasteiger partial charge is 0.445 e. The van der Waals surface area contributed by atoms with Crippen molar-refractivity contribution in [1.82, 2.24) is 4.90 Å². The molecule has 1 aliphatic rings. The van der Waals surface area contributed by atoms with E-state index < -0.39 is 0 Å². The first kappa shape index (κ1) is 12.9. The topological polar surface area (TPSA) is 29.5 Å². The van der Waals surface area contributed by atoms with Gasteiger partial charge in [-0.3, -0.25) is 0 Å². The summed E-state index contributed by atoms with van der Waals surface area (Å²) in [7, 11) is 0. The van der Waals surface area contributed by atoms with Crippen molar-refractivity contribution in [2.75, 3.05) is 13.1 Å². The van der Waals surface area contributed by atoms with Crippen molar-refractivity contribution in [1.29, 1.82) is 0 Å². The van der Waals surface area contributed by atoms with Gasteiger partial charge in [0.1, 0.15) is 6.61 Å².